The van der Waals surface area contributed by atoms with E-state index in [1.807, 2.05) is 29.1 Å². The fraction of sp³-hybridized carbons (Fsp3) is 0.520. The van der Waals surface area contributed by atoms with Crippen LogP contribution in [0.4, 0.5) is 0 Å². The van der Waals surface area contributed by atoms with Crippen molar-refractivity contribution in [2.45, 2.75) is 52.6 Å². The number of carboxylic acid groups (broad SMARTS) is 2. The molecule has 2 aromatic rings. The average molecular weight is 456 g/mol. The SMILES string of the molecule is CC(C)N1CC2C(CCC(=O)c3cccc4cn(C(C)C)nc34)C2C1.O=C(O)/C=C/C(=O)O. The van der Waals surface area contributed by atoms with Gasteiger partial charge in [0.25, 0.3) is 0 Å². The summed E-state index contributed by atoms with van der Waals surface area (Å²) in [4.78, 5) is 34.5. The molecule has 2 aliphatic rings. The van der Waals surface area contributed by atoms with Gasteiger partial charge in [-0.2, -0.15) is 5.10 Å². The van der Waals surface area contributed by atoms with Gasteiger partial charge in [0.2, 0.25) is 0 Å². The summed E-state index contributed by atoms with van der Waals surface area (Å²) in [5, 5.41) is 21.3. The van der Waals surface area contributed by atoms with Crippen molar-refractivity contribution in [1.82, 2.24) is 14.7 Å². The molecule has 2 atom stereocenters. The summed E-state index contributed by atoms with van der Waals surface area (Å²) in [6.07, 6.45) is 4.86. The van der Waals surface area contributed by atoms with Gasteiger partial charge in [-0.15, -0.1) is 0 Å². The van der Waals surface area contributed by atoms with Gasteiger partial charge in [-0.05, 0) is 57.9 Å². The third-order valence-electron chi connectivity index (χ3n) is 6.59. The summed E-state index contributed by atoms with van der Waals surface area (Å²) < 4.78 is 1.95. The van der Waals surface area contributed by atoms with E-state index in [4.69, 9.17) is 10.2 Å². The lowest BCUT2D eigenvalue weighted by atomic mass is 10.0. The first-order valence-corrected chi connectivity index (χ1v) is 11.5. The van der Waals surface area contributed by atoms with Crippen molar-refractivity contribution in [1.29, 1.82) is 0 Å². The molecule has 0 spiro atoms. The Kier molecular flexibility index (Phi) is 7.68. The van der Waals surface area contributed by atoms with Crippen molar-refractivity contribution in [2.24, 2.45) is 17.8 Å². The normalized spacial score (nSPS) is 21.9. The maximum Gasteiger partial charge on any atom is 0.328 e. The Morgan fingerprint density at radius 2 is 1.64 bits per heavy atom. The van der Waals surface area contributed by atoms with Gasteiger partial charge in [0.1, 0.15) is 5.52 Å². The van der Waals surface area contributed by atoms with E-state index < -0.39 is 11.9 Å². The van der Waals surface area contributed by atoms with Crippen molar-refractivity contribution >= 4 is 28.6 Å². The molecule has 178 valence electrons. The number of benzene rings is 1. The molecule has 0 bridgehead atoms. The van der Waals surface area contributed by atoms with Crippen molar-refractivity contribution in [3.05, 3.63) is 42.1 Å². The van der Waals surface area contributed by atoms with Gasteiger partial charge in [0.05, 0.1) is 0 Å². The molecule has 1 saturated carbocycles. The number of ketones is 1. The van der Waals surface area contributed by atoms with Crippen LogP contribution in [-0.2, 0) is 9.59 Å². The fourth-order valence-electron chi connectivity index (χ4n) is 4.66. The Bertz CT molecular complexity index is 1030. The summed E-state index contributed by atoms with van der Waals surface area (Å²) in [6, 6.07) is 6.93. The molecule has 1 saturated heterocycles. The number of aliphatic carboxylic acids is 2. The molecule has 2 fully saturated rings. The molecule has 33 heavy (non-hydrogen) atoms. The minimum Gasteiger partial charge on any atom is -0.478 e. The number of piperidine rings is 1. The van der Waals surface area contributed by atoms with Gasteiger partial charge in [0, 0.05) is 60.9 Å². The van der Waals surface area contributed by atoms with Crippen LogP contribution in [0.3, 0.4) is 0 Å². The number of aromatic nitrogens is 2. The number of carbonyl (C=O) groups is 3. The predicted molar refractivity (Wildman–Crippen MR) is 125 cm³/mol. The number of carboxylic acids is 2. The molecule has 4 rings (SSSR count). The number of Topliss-reactive ketones (excluding diaryl/α,β-unsaturated/α-hetero) is 1. The predicted octanol–water partition coefficient (Wildman–Crippen LogP) is 3.88. The molecule has 0 amide bonds. The highest BCUT2D eigenvalue weighted by Gasteiger charge is 2.55. The molecule has 1 aromatic carbocycles. The second-order valence-electron chi connectivity index (χ2n) is 9.46. The first-order valence-electron chi connectivity index (χ1n) is 11.5. The monoisotopic (exact) mass is 455 g/mol. The van der Waals surface area contributed by atoms with Crippen LogP contribution >= 0.6 is 0 Å². The third-order valence-corrected chi connectivity index (χ3v) is 6.59. The molecule has 8 nitrogen and oxygen atoms in total. The van der Waals surface area contributed by atoms with Crippen LogP contribution in [0.5, 0.6) is 0 Å². The fourth-order valence-corrected chi connectivity index (χ4v) is 4.66. The average Bonchev–Trinajstić information content (AvgIpc) is 3.12. The molecular weight excluding hydrogens is 422 g/mol. The zero-order valence-electron chi connectivity index (χ0n) is 19.6. The lowest BCUT2D eigenvalue weighted by molar-refractivity contribution is -0.134. The number of nitrogens with zero attached hydrogens (tertiary/aromatic N) is 3. The van der Waals surface area contributed by atoms with Gasteiger partial charge >= 0.3 is 11.9 Å². The first-order chi connectivity index (χ1) is 15.6. The van der Waals surface area contributed by atoms with Gasteiger partial charge in [-0.25, -0.2) is 9.59 Å². The zero-order chi connectivity index (χ0) is 24.3. The van der Waals surface area contributed by atoms with E-state index in [9.17, 15) is 14.4 Å². The Balaban J connectivity index is 0.000000331. The summed E-state index contributed by atoms with van der Waals surface area (Å²) in [6.45, 7) is 11.2. The highest BCUT2D eigenvalue weighted by atomic mass is 16.4. The third kappa shape index (κ3) is 6.07. The quantitative estimate of drug-likeness (QED) is 0.459. The largest absolute Gasteiger partial charge is 0.478 e. The van der Waals surface area contributed by atoms with E-state index in [0.29, 0.717) is 30.7 Å². The van der Waals surface area contributed by atoms with Gasteiger partial charge in [-0.3, -0.25) is 9.48 Å². The molecule has 1 aliphatic heterocycles. The molecule has 2 unspecified atom stereocenters. The maximum absolute atomic E-state index is 12.8. The molecule has 2 N–H and O–H groups in total. The minimum absolute atomic E-state index is 0.255. The number of hydrogen-bond acceptors (Lipinski definition) is 5. The van der Waals surface area contributed by atoms with Gasteiger partial charge in [-0.1, -0.05) is 12.1 Å². The summed E-state index contributed by atoms with van der Waals surface area (Å²) >= 11 is 0. The van der Waals surface area contributed by atoms with E-state index in [0.717, 1.165) is 40.6 Å². The summed E-state index contributed by atoms with van der Waals surface area (Å²) in [5.74, 6) is 0.189. The summed E-state index contributed by atoms with van der Waals surface area (Å²) in [7, 11) is 0. The van der Waals surface area contributed by atoms with E-state index in [-0.39, 0.29) is 5.78 Å². The number of fused-ring (bicyclic) bond motifs is 2. The van der Waals surface area contributed by atoms with Crippen molar-refractivity contribution in [3.8, 4) is 0 Å². The van der Waals surface area contributed by atoms with Crippen LogP contribution in [0.1, 0.15) is 56.9 Å². The van der Waals surface area contributed by atoms with Crippen LogP contribution in [0.15, 0.2) is 36.5 Å². The van der Waals surface area contributed by atoms with Crippen LogP contribution in [0, 0.1) is 17.8 Å². The van der Waals surface area contributed by atoms with Crippen LogP contribution in [0.25, 0.3) is 10.9 Å². The Hall–Kier alpha value is -3.00. The topological polar surface area (TPSA) is 113 Å². The van der Waals surface area contributed by atoms with E-state index in [1.54, 1.807) is 0 Å². The summed E-state index contributed by atoms with van der Waals surface area (Å²) in [5.41, 5.74) is 1.66. The standard InChI is InChI=1S/C21H29N3O.C4H4O4/c1-13(2)23-11-18-16(19(18)12-23)8-9-20(25)17-7-5-6-15-10-24(14(3)4)22-21(15)17;5-3(6)1-2-4(7)8/h5-7,10,13-14,16,18-19H,8-9,11-12H2,1-4H3;1-2H,(H,5,6)(H,7,8)/b;2-1+. The van der Waals surface area contributed by atoms with Crippen molar-refractivity contribution in [2.75, 3.05) is 13.1 Å². The molecule has 8 heteroatoms. The lowest BCUT2D eigenvalue weighted by Crippen LogP contribution is -2.31. The number of carbonyl (C=O) groups excluding carboxylic acids is 1. The highest BCUT2D eigenvalue weighted by Crippen LogP contribution is 2.54. The van der Waals surface area contributed by atoms with E-state index in [2.05, 4.69) is 37.7 Å². The molecule has 1 aliphatic carbocycles. The Morgan fingerprint density at radius 3 is 2.15 bits per heavy atom. The van der Waals surface area contributed by atoms with Crippen molar-refractivity contribution in [3.63, 3.8) is 0 Å². The maximum atomic E-state index is 12.8. The van der Waals surface area contributed by atoms with Crippen LogP contribution in [0.2, 0.25) is 0 Å². The molecular formula is C25H33N3O5. The second kappa shape index (κ2) is 10.3. The second-order valence-corrected chi connectivity index (χ2v) is 9.46. The molecule has 2 heterocycles. The van der Waals surface area contributed by atoms with Gasteiger partial charge in [0.15, 0.2) is 5.78 Å². The van der Waals surface area contributed by atoms with Crippen LogP contribution < -0.4 is 0 Å². The van der Waals surface area contributed by atoms with Gasteiger partial charge < -0.3 is 15.1 Å². The molecule has 1 aromatic heterocycles. The number of likely N-dealkylation sites (tertiary alicyclic amines) is 1. The van der Waals surface area contributed by atoms with E-state index in [1.165, 1.54) is 13.1 Å². The number of hydrogen-bond donors (Lipinski definition) is 2. The number of rotatable bonds is 8. The lowest BCUT2D eigenvalue weighted by Gasteiger charge is -2.23. The minimum atomic E-state index is -1.26. The zero-order valence-corrected chi connectivity index (χ0v) is 19.6. The Morgan fingerprint density at radius 1 is 1.03 bits per heavy atom. The molecule has 0 radical (unpaired) electrons. The first kappa shape index (κ1) is 24.6. The van der Waals surface area contributed by atoms with E-state index >= 15 is 0 Å². The van der Waals surface area contributed by atoms with Crippen molar-refractivity contribution < 1.29 is 24.6 Å². The smallest absolute Gasteiger partial charge is 0.328 e. The Labute approximate surface area is 193 Å². The highest BCUT2D eigenvalue weighted by molar-refractivity contribution is 6.06. The van der Waals surface area contributed by atoms with Crippen LogP contribution in [-0.4, -0.2) is 61.7 Å².